The molecule has 1 heterocycles. The van der Waals surface area contributed by atoms with E-state index >= 15 is 0 Å². The number of carbonyl (C=O) groups is 1. The molecule has 1 aliphatic heterocycles. The van der Waals surface area contributed by atoms with Gasteiger partial charge in [-0.15, -0.1) is 0 Å². The van der Waals surface area contributed by atoms with Gasteiger partial charge in [0.05, 0.1) is 4.90 Å². The zero-order valence-corrected chi connectivity index (χ0v) is 8.34. The summed E-state index contributed by atoms with van der Waals surface area (Å²) in [6.07, 6.45) is 1.54. The number of ketones is 1. The number of hydrogen-bond donors (Lipinski definition) is 0. The number of hydrogen-bond acceptors (Lipinski definition) is 3. The van der Waals surface area contributed by atoms with Crippen LogP contribution >= 0.6 is 0 Å². The predicted molar refractivity (Wildman–Crippen MR) is 52.7 cm³/mol. The molecule has 2 rings (SSSR count). The van der Waals surface area contributed by atoms with Crippen molar-refractivity contribution in [2.75, 3.05) is 0 Å². The third kappa shape index (κ3) is 1.28. The van der Waals surface area contributed by atoms with E-state index in [-0.39, 0.29) is 10.7 Å². The molecule has 72 valence electrons. The van der Waals surface area contributed by atoms with E-state index in [1.807, 2.05) is 0 Å². The third-order valence-electron chi connectivity index (χ3n) is 2.15. The van der Waals surface area contributed by atoms with Crippen molar-refractivity contribution in [3.63, 3.8) is 0 Å². The van der Waals surface area contributed by atoms with Crippen molar-refractivity contribution in [2.24, 2.45) is 0 Å². The molecule has 0 saturated heterocycles. The summed E-state index contributed by atoms with van der Waals surface area (Å²) in [5, 5.41) is 1.15. The van der Waals surface area contributed by atoms with Gasteiger partial charge in [0.25, 0.3) is 0 Å². The Morgan fingerprint density at radius 2 is 2.00 bits per heavy atom. The number of benzene rings is 1. The fourth-order valence-electron chi connectivity index (χ4n) is 1.37. The van der Waals surface area contributed by atoms with Crippen LogP contribution in [-0.4, -0.2) is 14.2 Å². The van der Waals surface area contributed by atoms with Crippen LogP contribution in [-0.2, 0) is 9.84 Å². The lowest BCUT2D eigenvalue weighted by molar-refractivity contribution is 0.101. The Balaban J connectivity index is 2.69. The molecule has 0 unspecified atom stereocenters. The lowest BCUT2D eigenvalue weighted by Gasteiger charge is -2.00. The molecular weight excluding hydrogens is 200 g/mol. The molecule has 0 radical (unpaired) electrons. The first kappa shape index (κ1) is 9.15. The van der Waals surface area contributed by atoms with Crippen LogP contribution in [0.15, 0.2) is 28.5 Å². The van der Waals surface area contributed by atoms with Crippen molar-refractivity contribution in [3.05, 3.63) is 34.7 Å². The standard InChI is InChI=1S/C10H8O3S/c1-7(11)9-3-2-8-4-5-14(12,13)10(8)6-9/h2-6H,1H3. The van der Waals surface area contributed by atoms with Crippen molar-refractivity contribution in [2.45, 2.75) is 11.8 Å². The summed E-state index contributed by atoms with van der Waals surface area (Å²) in [5.74, 6) is -0.130. The molecule has 1 aliphatic rings. The maximum Gasteiger partial charge on any atom is 0.200 e. The second-order valence-electron chi connectivity index (χ2n) is 3.16. The Bertz CT molecular complexity index is 538. The second-order valence-corrected chi connectivity index (χ2v) is 4.96. The zero-order valence-electron chi connectivity index (χ0n) is 7.52. The summed E-state index contributed by atoms with van der Waals surface area (Å²) in [5.41, 5.74) is 1.08. The van der Waals surface area contributed by atoms with Crippen LogP contribution in [0.3, 0.4) is 0 Å². The van der Waals surface area contributed by atoms with Crippen LogP contribution < -0.4 is 0 Å². The normalized spacial score (nSPS) is 16.6. The Labute approximate surface area is 82.0 Å². The van der Waals surface area contributed by atoms with E-state index in [2.05, 4.69) is 0 Å². The average Bonchev–Trinajstić information content (AvgIpc) is 2.42. The minimum Gasteiger partial charge on any atom is -0.295 e. The first-order valence-electron chi connectivity index (χ1n) is 4.09. The van der Waals surface area contributed by atoms with Crippen molar-refractivity contribution in [1.29, 1.82) is 0 Å². The molecule has 3 nitrogen and oxygen atoms in total. The molecule has 0 N–H and O–H groups in total. The van der Waals surface area contributed by atoms with Gasteiger partial charge in [0, 0.05) is 11.0 Å². The Morgan fingerprint density at radius 1 is 1.29 bits per heavy atom. The fraction of sp³-hybridized carbons (Fsp3) is 0.100. The number of sulfone groups is 1. The molecule has 0 aliphatic carbocycles. The second kappa shape index (κ2) is 2.78. The van der Waals surface area contributed by atoms with E-state index in [0.29, 0.717) is 11.1 Å². The molecule has 1 aromatic carbocycles. The van der Waals surface area contributed by atoms with Crippen LogP contribution in [0.2, 0.25) is 0 Å². The predicted octanol–water partition coefficient (Wildman–Crippen LogP) is 1.65. The molecule has 1 aromatic rings. The highest BCUT2D eigenvalue weighted by Crippen LogP contribution is 2.27. The average molecular weight is 208 g/mol. The monoisotopic (exact) mass is 208 g/mol. The fourth-order valence-corrected chi connectivity index (χ4v) is 2.60. The molecule has 0 fully saturated rings. The highest BCUT2D eigenvalue weighted by atomic mass is 32.2. The van der Waals surface area contributed by atoms with Crippen molar-refractivity contribution in [1.82, 2.24) is 0 Å². The van der Waals surface area contributed by atoms with E-state index in [4.69, 9.17) is 0 Å². The first-order chi connectivity index (χ1) is 6.50. The molecule has 4 heteroatoms. The van der Waals surface area contributed by atoms with Crippen molar-refractivity contribution >= 4 is 21.7 Å². The maximum atomic E-state index is 11.4. The molecule has 0 aromatic heterocycles. The Kier molecular flexibility index (Phi) is 1.82. The van der Waals surface area contributed by atoms with Gasteiger partial charge in [-0.05, 0) is 24.6 Å². The third-order valence-corrected chi connectivity index (χ3v) is 3.61. The zero-order chi connectivity index (χ0) is 10.3. The van der Waals surface area contributed by atoms with Crippen molar-refractivity contribution in [3.8, 4) is 0 Å². The van der Waals surface area contributed by atoms with Gasteiger partial charge in [0.15, 0.2) is 15.6 Å². The van der Waals surface area contributed by atoms with Gasteiger partial charge in [-0.3, -0.25) is 4.79 Å². The van der Waals surface area contributed by atoms with Gasteiger partial charge in [-0.25, -0.2) is 8.42 Å². The van der Waals surface area contributed by atoms with Gasteiger partial charge in [-0.2, -0.15) is 0 Å². The lowest BCUT2D eigenvalue weighted by atomic mass is 10.1. The Hall–Kier alpha value is -1.42. The van der Waals surface area contributed by atoms with Gasteiger partial charge in [0.1, 0.15) is 0 Å². The molecule has 0 bridgehead atoms. The maximum absolute atomic E-state index is 11.4. The Morgan fingerprint density at radius 3 is 2.64 bits per heavy atom. The number of carbonyl (C=O) groups excluding carboxylic acids is 1. The van der Waals surface area contributed by atoms with Crippen LogP contribution in [0, 0.1) is 0 Å². The van der Waals surface area contributed by atoms with Crippen LogP contribution in [0.4, 0.5) is 0 Å². The quantitative estimate of drug-likeness (QED) is 0.659. The molecule has 0 saturated carbocycles. The molecule has 0 amide bonds. The van der Waals surface area contributed by atoms with E-state index in [0.717, 1.165) is 5.41 Å². The summed E-state index contributed by atoms with van der Waals surface area (Å²) < 4.78 is 22.9. The summed E-state index contributed by atoms with van der Waals surface area (Å²) >= 11 is 0. The smallest absolute Gasteiger partial charge is 0.200 e. The molecule has 0 spiro atoms. The minimum absolute atomic E-state index is 0.130. The molecule has 14 heavy (non-hydrogen) atoms. The summed E-state index contributed by atoms with van der Waals surface area (Å²) in [6.45, 7) is 1.41. The first-order valence-corrected chi connectivity index (χ1v) is 5.63. The highest BCUT2D eigenvalue weighted by Gasteiger charge is 2.21. The largest absolute Gasteiger partial charge is 0.295 e. The van der Waals surface area contributed by atoms with Gasteiger partial charge in [0.2, 0.25) is 0 Å². The van der Waals surface area contributed by atoms with Crippen molar-refractivity contribution < 1.29 is 13.2 Å². The van der Waals surface area contributed by atoms with Gasteiger partial charge >= 0.3 is 0 Å². The van der Waals surface area contributed by atoms with E-state index in [1.54, 1.807) is 12.1 Å². The van der Waals surface area contributed by atoms with E-state index in [1.165, 1.54) is 19.1 Å². The van der Waals surface area contributed by atoms with E-state index < -0.39 is 9.84 Å². The van der Waals surface area contributed by atoms with Crippen LogP contribution in [0.25, 0.3) is 6.08 Å². The summed E-state index contributed by atoms with van der Waals surface area (Å²) in [6, 6.07) is 4.70. The van der Waals surface area contributed by atoms with E-state index in [9.17, 15) is 13.2 Å². The topological polar surface area (TPSA) is 51.2 Å². The SMILES string of the molecule is CC(=O)c1ccc2c(c1)S(=O)(=O)C=C2. The van der Waals surface area contributed by atoms with Crippen LogP contribution in [0.1, 0.15) is 22.8 Å². The highest BCUT2D eigenvalue weighted by molar-refractivity contribution is 7.94. The molecule has 0 atom stereocenters. The number of fused-ring (bicyclic) bond motifs is 1. The number of Topliss-reactive ketones (excluding diaryl/α,β-unsaturated/α-hetero) is 1. The lowest BCUT2D eigenvalue weighted by Crippen LogP contribution is -1.98. The summed E-state index contributed by atoms with van der Waals surface area (Å²) in [7, 11) is -3.29. The van der Waals surface area contributed by atoms with Gasteiger partial charge in [-0.1, -0.05) is 12.1 Å². The minimum atomic E-state index is -3.29. The number of rotatable bonds is 1. The summed E-state index contributed by atoms with van der Waals surface area (Å²) in [4.78, 5) is 11.3. The molecular formula is C10H8O3S. The van der Waals surface area contributed by atoms with Crippen LogP contribution in [0.5, 0.6) is 0 Å². The van der Waals surface area contributed by atoms with Gasteiger partial charge < -0.3 is 0 Å².